The summed E-state index contributed by atoms with van der Waals surface area (Å²) in [7, 11) is 0. The molecular formula is C7H15F2N. The highest BCUT2D eigenvalue weighted by molar-refractivity contribution is 4.85. The summed E-state index contributed by atoms with van der Waals surface area (Å²) in [5.41, 5.74) is 0. The quantitative estimate of drug-likeness (QED) is 0.636. The second kappa shape index (κ2) is 2.82. The Morgan fingerprint density at radius 1 is 1.70 bits per heavy atom. The summed E-state index contributed by atoms with van der Waals surface area (Å²) >= 11 is 0. The van der Waals surface area contributed by atoms with Crippen LogP contribution in [0.1, 0.15) is 27.6 Å². The largest absolute Gasteiger partial charge is 0.314 e. The van der Waals surface area contributed by atoms with Crippen LogP contribution in [-0.4, -0.2) is 18.5 Å². The van der Waals surface area contributed by atoms with Crippen LogP contribution in [0.3, 0.4) is 0 Å². The van der Waals surface area contributed by atoms with E-state index in [9.17, 15) is 8.78 Å². The molecule has 1 aliphatic carbocycles. The molecule has 1 nitrogen and oxygen atoms in total. The van der Waals surface area contributed by atoms with E-state index in [1.807, 2.05) is 6.92 Å². The molecule has 0 aromatic carbocycles. The Balaban J connectivity index is 0.000001000. The third-order valence-electron chi connectivity index (χ3n) is 1.90. The monoisotopic (exact) mass is 151 g/mol. The Bertz CT molecular complexity index is 119. The molecule has 0 aliphatic heterocycles. The van der Waals surface area contributed by atoms with Gasteiger partial charge in [0.05, 0.1) is 0 Å². The number of alkyl halides is 2. The molecule has 1 unspecified atom stereocenters. The highest BCUT2D eigenvalue weighted by Crippen LogP contribution is 2.34. The van der Waals surface area contributed by atoms with Gasteiger partial charge in [0.2, 0.25) is 5.92 Å². The number of hydrogen-bond donors (Lipinski definition) is 1. The van der Waals surface area contributed by atoms with E-state index in [-0.39, 0.29) is 20.3 Å². The third kappa shape index (κ3) is 1.90. The number of hydrogen-bond acceptors (Lipinski definition) is 1. The van der Waals surface area contributed by atoms with Gasteiger partial charge in [-0.1, -0.05) is 6.92 Å². The van der Waals surface area contributed by atoms with Crippen molar-refractivity contribution in [2.24, 2.45) is 0 Å². The van der Waals surface area contributed by atoms with Gasteiger partial charge in [-0.2, -0.15) is 0 Å². The van der Waals surface area contributed by atoms with Crippen molar-refractivity contribution in [1.82, 2.24) is 5.32 Å². The second-order valence-corrected chi connectivity index (χ2v) is 2.85. The molecule has 0 radical (unpaired) electrons. The first kappa shape index (κ1) is 7.92. The molecule has 0 amide bonds. The molecular weight excluding hydrogens is 136 g/mol. The topological polar surface area (TPSA) is 12.0 Å². The minimum Gasteiger partial charge on any atom is -0.314 e. The molecule has 0 heterocycles. The van der Waals surface area contributed by atoms with Crippen molar-refractivity contribution in [3.8, 4) is 0 Å². The van der Waals surface area contributed by atoms with E-state index >= 15 is 0 Å². The van der Waals surface area contributed by atoms with E-state index in [2.05, 4.69) is 5.32 Å². The van der Waals surface area contributed by atoms with Gasteiger partial charge in [-0.25, -0.2) is 8.78 Å². The van der Waals surface area contributed by atoms with Gasteiger partial charge in [0.1, 0.15) is 0 Å². The molecule has 1 aliphatic rings. The molecule has 1 fully saturated rings. The van der Waals surface area contributed by atoms with Crippen LogP contribution < -0.4 is 5.32 Å². The fourth-order valence-corrected chi connectivity index (χ4v) is 1.41. The fraction of sp³-hybridized carbons (Fsp3) is 1.00. The van der Waals surface area contributed by atoms with Crippen molar-refractivity contribution >= 4 is 0 Å². The van der Waals surface area contributed by atoms with Gasteiger partial charge in [-0.3, -0.25) is 0 Å². The van der Waals surface area contributed by atoms with Crippen LogP contribution in [0.4, 0.5) is 8.78 Å². The molecule has 0 spiro atoms. The zero-order valence-electron chi connectivity index (χ0n) is 6.16. The Morgan fingerprint density at radius 3 is 2.80 bits per heavy atom. The molecule has 0 aromatic rings. The fourth-order valence-electron chi connectivity index (χ4n) is 1.41. The summed E-state index contributed by atoms with van der Waals surface area (Å²) in [4.78, 5) is 0. The second-order valence-electron chi connectivity index (χ2n) is 2.85. The predicted octanol–water partition coefficient (Wildman–Crippen LogP) is 2.03. The molecule has 1 N–H and O–H groups in total. The van der Waals surface area contributed by atoms with Crippen LogP contribution in [-0.2, 0) is 0 Å². The van der Waals surface area contributed by atoms with E-state index < -0.39 is 5.92 Å². The maximum Gasteiger partial charge on any atom is 0.249 e. The smallest absolute Gasteiger partial charge is 0.249 e. The maximum absolute atomic E-state index is 12.5. The van der Waals surface area contributed by atoms with Crippen molar-refractivity contribution in [2.75, 3.05) is 6.54 Å². The van der Waals surface area contributed by atoms with Gasteiger partial charge < -0.3 is 5.32 Å². The maximum atomic E-state index is 12.5. The average Bonchev–Trinajstić information content (AvgIpc) is 2.12. The third-order valence-corrected chi connectivity index (χ3v) is 1.90. The molecule has 3 heteroatoms. The highest BCUT2D eigenvalue weighted by Gasteiger charge is 2.38. The molecule has 62 valence electrons. The molecule has 0 saturated heterocycles. The van der Waals surface area contributed by atoms with E-state index in [1.54, 1.807) is 0 Å². The Kier molecular flexibility index (Phi) is 2.24. The summed E-state index contributed by atoms with van der Waals surface area (Å²) in [5, 5.41) is 3.02. The Hall–Kier alpha value is -0.180. The van der Waals surface area contributed by atoms with Crippen molar-refractivity contribution in [3.63, 3.8) is 0 Å². The predicted molar refractivity (Wildman–Crippen MR) is 38.4 cm³/mol. The first-order valence-corrected chi connectivity index (χ1v) is 3.75. The molecule has 10 heavy (non-hydrogen) atoms. The summed E-state index contributed by atoms with van der Waals surface area (Å²) in [6.45, 7) is 2.73. The Morgan fingerprint density at radius 2 is 2.40 bits per heavy atom. The first-order valence-electron chi connectivity index (χ1n) is 3.75. The lowest BCUT2D eigenvalue weighted by molar-refractivity contribution is 0.00699. The number of halogens is 2. The average molecular weight is 151 g/mol. The van der Waals surface area contributed by atoms with Crippen LogP contribution >= 0.6 is 0 Å². The molecule has 1 saturated carbocycles. The standard InChI is InChI=1S/C7H13F2N.H2/c1-2-10-6-3-4-7(8,9)5-6;/h6,10H,2-5H2,1H3;1H. The van der Waals surface area contributed by atoms with E-state index in [0.717, 1.165) is 6.54 Å². The molecule has 1 atom stereocenters. The van der Waals surface area contributed by atoms with E-state index in [0.29, 0.717) is 6.42 Å². The zero-order chi connectivity index (χ0) is 7.61. The summed E-state index contributed by atoms with van der Waals surface area (Å²) in [5.74, 6) is -2.40. The lowest BCUT2D eigenvalue weighted by Gasteiger charge is -2.10. The minimum absolute atomic E-state index is 0. The lowest BCUT2D eigenvalue weighted by atomic mass is 10.2. The summed E-state index contributed by atoms with van der Waals surface area (Å²) < 4.78 is 25.0. The van der Waals surface area contributed by atoms with Gasteiger partial charge in [-0.15, -0.1) is 0 Å². The van der Waals surface area contributed by atoms with Crippen LogP contribution in [0.2, 0.25) is 0 Å². The van der Waals surface area contributed by atoms with Crippen LogP contribution in [0.5, 0.6) is 0 Å². The number of rotatable bonds is 2. The molecule has 1 rings (SSSR count). The summed E-state index contributed by atoms with van der Waals surface area (Å²) in [6, 6.07) is 0.0556. The van der Waals surface area contributed by atoms with Crippen molar-refractivity contribution in [1.29, 1.82) is 0 Å². The van der Waals surface area contributed by atoms with Crippen molar-refractivity contribution in [2.45, 2.75) is 38.2 Å². The Labute approximate surface area is 61.3 Å². The van der Waals surface area contributed by atoms with Crippen LogP contribution in [0.25, 0.3) is 0 Å². The van der Waals surface area contributed by atoms with Gasteiger partial charge >= 0.3 is 0 Å². The van der Waals surface area contributed by atoms with Gasteiger partial charge in [-0.05, 0) is 13.0 Å². The van der Waals surface area contributed by atoms with E-state index in [1.165, 1.54) is 0 Å². The lowest BCUT2D eigenvalue weighted by Crippen LogP contribution is -2.27. The van der Waals surface area contributed by atoms with E-state index in [4.69, 9.17) is 0 Å². The number of nitrogens with one attached hydrogen (secondary N) is 1. The highest BCUT2D eigenvalue weighted by atomic mass is 19.3. The minimum atomic E-state index is -2.40. The normalized spacial score (nSPS) is 30.9. The van der Waals surface area contributed by atoms with Crippen molar-refractivity contribution < 1.29 is 10.2 Å². The zero-order valence-corrected chi connectivity index (χ0v) is 6.16. The van der Waals surface area contributed by atoms with Crippen molar-refractivity contribution in [3.05, 3.63) is 0 Å². The van der Waals surface area contributed by atoms with Crippen LogP contribution in [0.15, 0.2) is 0 Å². The molecule has 0 bridgehead atoms. The first-order chi connectivity index (χ1) is 4.64. The van der Waals surface area contributed by atoms with Gasteiger partial charge in [0.15, 0.2) is 0 Å². The van der Waals surface area contributed by atoms with Crippen LogP contribution in [0, 0.1) is 0 Å². The van der Waals surface area contributed by atoms with Gasteiger partial charge in [0.25, 0.3) is 0 Å². The molecule has 0 aromatic heterocycles. The summed E-state index contributed by atoms with van der Waals surface area (Å²) in [6.07, 6.45) is 0.715. The van der Waals surface area contributed by atoms with Gasteiger partial charge in [0, 0.05) is 20.3 Å². The SMILES string of the molecule is CCNC1CCC(F)(F)C1.[HH].